The van der Waals surface area contributed by atoms with E-state index >= 15 is 0 Å². The van der Waals surface area contributed by atoms with Gasteiger partial charge in [-0.1, -0.05) is 30.3 Å². The van der Waals surface area contributed by atoms with Crippen molar-refractivity contribution >= 4 is 17.1 Å². The zero-order chi connectivity index (χ0) is 18.5. The van der Waals surface area contributed by atoms with Crippen LogP contribution < -0.4 is 5.32 Å². The Hall–Kier alpha value is -3.75. The zero-order valence-corrected chi connectivity index (χ0v) is 13.6. The summed E-state index contributed by atoms with van der Waals surface area (Å²) in [5.74, 6) is 0.696. The Morgan fingerprint density at radius 3 is 2.50 bits per heavy atom. The van der Waals surface area contributed by atoms with Crippen LogP contribution in [0.25, 0.3) is 0 Å². The van der Waals surface area contributed by atoms with E-state index in [1.54, 1.807) is 6.20 Å². The summed E-state index contributed by atoms with van der Waals surface area (Å²) in [5.41, 5.74) is 0.635. The molecule has 9 heteroatoms. The van der Waals surface area contributed by atoms with Crippen molar-refractivity contribution in [3.05, 3.63) is 92.5 Å². The third kappa shape index (κ3) is 3.83. The normalized spacial score (nSPS) is 10.5. The SMILES string of the molecule is O=[N+]([O-])c1ccc(NCc2nccn2Cc2ccccc2)c([N+](=O)[O-])c1. The lowest BCUT2D eigenvalue weighted by Crippen LogP contribution is -2.10. The summed E-state index contributed by atoms with van der Waals surface area (Å²) in [4.78, 5) is 24.9. The number of benzene rings is 2. The highest BCUT2D eigenvalue weighted by Crippen LogP contribution is 2.29. The number of anilines is 1. The third-order valence-electron chi connectivity index (χ3n) is 3.82. The lowest BCUT2D eigenvalue weighted by atomic mass is 10.2. The molecule has 0 radical (unpaired) electrons. The van der Waals surface area contributed by atoms with Gasteiger partial charge in [-0.3, -0.25) is 20.2 Å². The Balaban J connectivity index is 1.77. The summed E-state index contributed by atoms with van der Waals surface area (Å²) in [6, 6.07) is 13.3. The quantitative estimate of drug-likeness (QED) is 0.514. The van der Waals surface area contributed by atoms with E-state index in [2.05, 4.69) is 10.3 Å². The van der Waals surface area contributed by atoms with Crippen molar-refractivity contribution < 1.29 is 9.85 Å². The van der Waals surface area contributed by atoms with Crippen molar-refractivity contribution in [1.29, 1.82) is 0 Å². The number of imidazole rings is 1. The lowest BCUT2D eigenvalue weighted by Gasteiger charge is -2.10. The predicted molar refractivity (Wildman–Crippen MR) is 94.8 cm³/mol. The minimum absolute atomic E-state index is 0.204. The molecule has 0 amide bonds. The van der Waals surface area contributed by atoms with Crippen LogP contribution in [0.15, 0.2) is 60.9 Å². The Kier molecular flexibility index (Phi) is 4.88. The van der Waals surface area contributed by atoms with Crippen molar-refractivity contribution in [3.63, 3.8) is 0 Å². The molecule has 26 heavy (non-hydrogen) atoms. The molecule has 0 aliphatic rings. The van der Waals surface area contributed by atoms with E-state index in [-0.39, 0.29) is 23.6 Å². The largest absolute Gasteiger partial charge is 0.372 e. The molecule has 1 heterocycles. The van der Waals surface area contributed by atoms with Crippen LogP contribution in [0.2, 0.25) is 0 Å². The summed E-state index contributed by atoms with van der Waals surface area (Å²) in [6.07, 6.45) is 3.48. The highest BCUT2D eigenvalue weighted by Gasteiger charge is 2.19. The first-order valence-corrected chi connectivity index (χ1v) is 7.75. The molecular formula is C17H15N5O4. The molecule has 1 aromatic heterocycles. The fourth-order valence-corrected chi connectivity index (χ4v) is 2.54. The Morgan fingerprint density at radius 2 is 1.81 bits per heavy atom. The summed E-state index contributed by atoms with van der Waals surface area (Å²) < 4.78 is 1.93. The summed E-state index contributed by atoms with van der Waals surface area (Å²) in [7, 11) is 0. The molecule has 9 nitrogen and oxygen atoms in total. The van der Waals surface area contributed by atoms with Gasteiger partial charge in [-0.25, -0.2) is 4.98 Å². The van der Waals surface area contributed by atoms with Gasteiger partial charge in [-0.15, -0.1) is 0 Å². The van der Waals surface area contributed by atoms with Crippen LogP contribution >= 0.6 is 0 Å². The van der Waals surface area contributed by atoms with Gasteiger partial charge >= 0.3 is 0 Å². The summed E-state index contributed by atoms with van der Waals surface area (Å²) in [6.45, 7) is 0.874. The van der Waals surface area contributed by atoms with E-state index in [4.69, 9.17) is 0 Å². The number of nitrogens with zero attached hydrogens (tertiary/aromatic N) is 4. The molecule has 0 atom stereocenters. The minimum Gasteiger partial charge on any atom is -0.372 e. The van der Waals surface area contributed by atoms with Crippen LogP contribution in [0.5, 0.6) is 0 Å². The van der Waals surface area contributed by atoms with E-state index < -0.39 is 9.85 Å². The second-order valence-electron chi connectivity index (χ2n) is 5.53. The monoisotopic (exact) mass is 353 g/mol. The molecule has 0 aliphatic heterocycles. The molecule has 1 N–H and O–H groups in total. The molecule has 2 aromatic carbocycles. The average Bonchev–Trinajstić information content (AvgIpc) is 3.07. The van der Waals surface area contributed by atoms with Crippen LogP contribution in [-0.4, -0.2) is 19.4 Å². The van der Waals surface area contributed by atoms with Gasteiger partial charge in [-0.05, 0) is 11.6 Å². The number of hydrogen-bond acceptors (Lipinski definition) is 6. The van der Waals surface area contributed by atoms with E-state index in [0.717, 1.165) is 11.6 Å². The fourth-order valence-electron chi connectivity index (χ4n) is 2.54. The van der Waals surface area contributed by atoms with Gasteiger partial charge in [0, 0.05) is 25.0 Å². The highest BCUT2D eigenvalue weighted by atomic mass is 16.6. The van der Waals surface area contributed by atoms with Crippen molar-refractivity contribution in [2.75, 3.05) is 5.32 Å². The Morgan fingerprint density at radius 1 is 1.04 bits per heavy atom. The molecule has 0 spiro atoms. The first-order chi connectivity index (χ1) is 12.5. The molecule has 0 aliphatic carbocycles. The van der Waals surface area contributed by atoms with Crippen molar-refractivity contribution in [1.82, 2.24) is 9.55 Å². The zero-order valence-electron chi connectivity index (χ0n) is 13.6. The molecule has 0 fully saturated rings. The van der Waals surface area contributed by atoms with E-state index in [0.29, 0.717) is 12.4 Å². The maximum absolute atomic E-state index is 11.2. The number of hydrogen-bond donors (Lipinski definition) is 1. The second-order valence-corrected chi connectivity index (χ2v) is 5.53. The topological polar surface area (TPSA) is 116 Å². The smallest absolute Gasteiger partial charge is 0.299 e. The van der Waals surface area contributed by atoms with Crippen LogP contribution in [-0.2, 0) is 13.1 Å². The van der Waals surface area contributed by atoms with Crippen LogP contribution in [0.4, 0.5) is 17.1 Å². The number of nitro benzene ring substituents is 2. The Labute approximate surface area is 148 Å². The number of non-ortho nitro benzene ring substituents is 1. The van der Waals surface area contributed by atoms with Gasteiger partial charge in [-0.2, -0.15) is 0 Å². The van der Waals surface area contributed by atoms with Crippen molar-refractivity contribution in [2.45, 2.75) is 13.1 Å². The van der Waals surface area contributed by atoms with E-state index in [1.165, 1.54) is 12.1 Å². The van der Waals surface area contributed by atoms with E-state index in [1.807, 2.05) is 41.1 Å². The van der Waals surface area contributed by atoms with Crippen LogP contribution in [0, 0.1) is 20.2 Å². The van der Waals surface area contributed by atoms with Gasteiger partial charge in [0.15, 0.2) is 0 Å². The number of nitro groups is 2. The lowest BCUT2D eigenvalue weighted by molar-refractivity contribution is -0.393. The first kappa shape index (κ1) is 17.1. The summed E-state index contributed by atoms with van der Waals surface area (Å²) in [5, 5.41) is 24.9. The highest BCUT2D eigenvalue weighted by molar-refractivity contribution is 5.65. The molecule has 3 aromatic rings. The van der Waals surface area contributed by atoms with Gasteiger partial charge in [0.1, 0.15) is 11.5 Å². The van der Waals surface area contributed by atoms with Crippen LogP contribution in [0.1, 0.15) is 11.4 Å². The number of nitrogens with one attached hydrogen (secondary N) is 1. The van der Waals surface area contributed by atoms with Gasteiger partial charge in [0.25, 0.3) is 11.4 Å². The molecule has 0 bridgehead atoms. The fraction of sp³-hybridized carbons (Fsp3) is 0.118. The molecule has 0 saturated carbocycles. The molecule has 0 unspecified atom stereocenters. The predicted octanol–water partition coefficient (Wildman–Crippen LogP) is 3.36. The van der Waals surface area contributed by atoms with Crippen LogP contribution in [0.3, 0.4) is 0 Å². The Bertz CT molecular complexity index is 939. The minimum atomic E-state index is -0.663. The third-order valence-corrected chi connectivity index (χ3v) is 3.82. The number of aromatic nitrogens is 2. The van der Waals surface area contributed by atoms with Gasteiger partial charge in [0.05, 0.1) is 22.5 Å². The summed E-state index contributed by atoms with van der Waals surface area (Å²) >= 11 is 0. The maximum Gasteiger partial charge on any atom is 0.299 e. The maximum atomic E-state index is 11.2. The van der Waals surface area contributed by atoms with Crippen molar-refractivity contribution in [2.24, 2.45) is 0 Å². The molecule has 132 valence electrons. The molecule has 3 rings (SSSR count). The van der Waals surface area contributed by atoms with Crippen molar-refractivity contribution in [3.8, 4) is 0 Å². The average molecular weight is 353 g/mol. The molecule has 0 saturated heterocycles. The first-order valence-electron chi connectivity index (χ1n) is 7.75. The number of rotatable bonds is 7. The standard InChI is InChI=1S/C17H15N5O4/c23-21(24)14-6-7-15(16(10-14)22(25)26)19-11-17-18-8-9-20(17)12-13-4-2-1-3-5-13/h1-10,19H,11-12H2. The molecular weight excluding hydrogens is 338 g/mol. The van der Waals surface area contributed by atoms with Gasteiger partial charge in [0.2, 0.25) is 0 Å². The van der Waals surface area contributed by atoms with E-state index in [9.17, 15) is 20.2 Å². The second kappa shape index (κ2) is 7.43. The van der Waals surface area contributed by atoms with Gasteiger partial charge < -0.3 is 9.88 Å².